The fraction of sp³-hybridized carbons (Fsp3) is 0.263. The van der Waals surface area contributed by atoms with Crippen molar-refractivity contribution in [3.63, 3.8) is 0 Å². The minimum atomic E-state index is -3.54. The van der Waals surface area contributed by atoms with Crippen LogP contribution in [0.15, 0.2) is 53.4 Å². The Morgan fingerprint density at radius 1 is 0.962 bits per heavy atom. The van der Waals surface area contributed by atoms with E-state index in [4.69, 9.17) is 5.11 Å². The molecule has 2 aromatic carbocycles. The van der Waals surface area contributed by atoms with Crippen molar-refractivity contribution in [1.82, 2.24) is 4.72 Å². The number of aliphatic carboxylic acids is 1. The maximum Gasteiger partial charge on any atom is 0.303 e. The molecule has 0 radical (unpaired) electrons. The van der Waals surface area contributed by atoms with E-state index in [1.54, 1.807) is 48.5 Å². The highest BCUT2D eigenvalue weighted by atomic mass is 32.2. The summed E-state index contributed by atoms with van der Waals surface area (Å²) in [7, 11) is -3.54. The molecule has 0 aliphatic heterocycles. The Hall–Kier alpha value is -2.51. The molecule has 0 aromatic heterocycles. The van der Waals surface area contributed by atoms with E-state index in [9.17, 15) is 18.0 Å². The third kappa shape index (κ3) is 5.79. The SMILES string of the molecule is Cc1ccc(S(=O)(=O)NCCc2ccc(C(=O)CCC(=O)O)cc2)cc1. The van der Waals surface area contributed by atoms with Gasteiger partial charge in [-0.1, -0.05) is 42.0 Å². The van der Waals surface area contributed by atoms with Crippen molar-refractivity contribution in [1.29, 1.82) is 0 Å². The number of Topliss-reactive ketones (excluding diaryl/α,β-unsaturated/α-hetero) is 1. The van der Waals surface area contributed by atoms with Crippen LogP contribution >= 0.6 is 0 Å². The number of nitrogens with one attached hydrogen (secondary N) is 1. The van der Waals surface area contributed by atoms with Crippen molar-refractivity contribution in [3.8, 4) is 0 Å². The predicted octanol–water partition coefficient (Wildman–Crippen LogP) is 2.56. The van der Waals surface area contributed by atoms with Gasteiger partial charge in [-0.2, -0.15) is 0 Å². The van der Waals surface area contributed by atoms with Crippen LogP contribution in [0.1, 0.15) is 34.3 Å². The van der Waals surface area contributed by atoms with E-state index in [1.165, 1.54) is 0 Å². The number of ketones is 1. The highest BCUT2D eigenvalue weighted by molar-refractivity contribution is 7.89. The topological polar surface area (TPSA) is 101 Å². The molecular formula is C19H21NO5S. The Morgan fingerprint density at radius 2 is 1.58 bits per heavy atom. The Bertz CT molecular complexity index is 871. The normalized spacial score (nSPS) is 11.3. The van der Waals surface area contributed by atoms with Gasteiger partial charge in [0, 0.05) is 18.5 Å². The van der Waals surface area contributed by atoms with E-state index < -0.39 is 16.0 Å². The standard InChI is InChI=1S/C19H21NO5S/c1-14-2-8-17(9-3-14)26(24,25)20-13-12-15-4-6-16(7-5-15)18(21)10-11-19(22)23/h2-9,20H,10-13H2,1H3,(H,22,23). The van der Waals surface area contributed by atoms with Crippen molar-refractivity contribution in [2.45, 2.75) is 31.1 Å². The van der Waals surface area contributed by atoms with Gasteiger partial charge in [-0.3, -0.25) is 9.59 Å². The van der Waals surface area contributed by atoms with Gasteiger partial charge >= 0.3 is 5.97 Å². The number of carboxylic acids is 1. The van der Waals surface area contributed by atoms with Gasteiger partial charge in [0.2, 0.25) is 10.0 Å². The van der Waals surface area contributed by atoms with E-state index >= 15 is 0 Å². The summed E-state index contributed by atoms with van der Waals surface area (Å²) in [5.41, 5.74) is 2.32. The van der Waals surface area contributed by atoms with Crippen LogP contribution in [0, 0.1) is 6.92 Å². The largest absolute Gasteiger partial charge is 0.481 e. The molecule has 0 aliphatic carbocycles. The molecule has 2 N–H and O–H groups in total. The number of carbonyl (C=O) groups is 2. The second-order valence-electron chi connectivity index (χ2n) is 5.97. The molecule has 26 heavy (non-hydrogen) atoms. The second-order valence-corrected chi connectivity index (χ2v) is 7.74. The van der Waals surface area contributed by atoms with Crippen molar-refractivity contribution in [2.75, 3.05) is 6.54 Å². The minimum absolute atomic E-state index is 0.0367. The number of carbonyl (C=O) groups excluding carboxylic acids is 1. The van der Waals surface area contributed by atoms with Crippen LogP contribution < -0.4 is 4.72 Å². The highest BCUT2D eigenvalue weighted by Crippen LogP contribution is 2.11. The van der Waals surface area contributed by atoms with E-state index in [0.29, 0.717) is 12.0 Å². The van der Waals surface area contributed by atoms with Crippen molar-refractivity contribution in [2.24, 2.45) is 0 Å². The summed E-state index contributed by atoms with van der Waals surface area (Å²) in [6.45, 7) is 2.13. The predicted molar refractivity (Wildman–Crippen MR) is 97.7 cm³/mol. The first kappa shape index (κ1) is 19.8. The van der Waals surface area contributed by atoms with E-state index in [0.717, 1.165) is 11.1 Å². The molecule has 0 saturated heterocycles. The van der Waals surface area contributed by atoms with Crippen LogP contribution in [0.25, 0.3) is 0 Å². The summed E-state index contributed by atoms with van der Waals surface area (Å²) in [4.78, 5) is 22.6. The number of rotatable bonds is 9. The van der Waals surface area contributed by atoms with Crippen molar-refractivity contribution < 1.29 is 23.1 Å². The number of benzene rings is 2. The van der Waals surface area contributed by atoms with Gasteiger partial charge in [0.25, 0.3) is 0 Å². The molecule has 6 nitrogen and oxygen atoms in total. The fourth-order valence-corrected chi connectivity index (χ4v) is 3.38. The summed E-state index contributed by atoms with van der Waals surface area (Å²) in [5.74, 6) is -1.23. The number of hydrogen-bond acceptors (Lipinski definition) is 4. The van der Waals surface area contributed by atoms with Crippen molar-refractivity contribution in [3.05, 3.63) is 65.2 Å². The number of aryl methyl sites for hydroxylation is 1. The van der Waals surface area contributed by atoms with Gasteiger partial charge in [-0.15, -0.1) is 0 Å². The van der Waals surface area contributed by atoms with Crippen LogP contribution in [0.5, 0.6) is 0 Å². The van der Waals surface area contributed by atoms with E-state index in [2.05, 4.69) is 4.72 Å². The Balaban J connectivity index is 1.88. The lowest BCUT2D eigenvalue weighted by Gasteiger charge is -2.08. The molecule has 0 spiro atoms. The zero-order valence-electron chi connectivity index (χ0n) is 14.4. The number of carboxylic acid groups (broad SMARTS) is 1. The van der Waals surface area contributed by atoms with Crippen LogP contribution in [0.3, 0.4) is 0 Å². The van der Waals surface area contributed by atoms with Gasteiger partial charge in [0.15, 0.2) is 5.78 Å². The van der Waals surface area contributed by atoms with Crippen molar-refractivity contribution >= 4 is 21.8 Å². The van der Waals surface area contributed by atoms with Crippen LogP contribution in [0.2, 0.25) is 0 Å². The second kappa shape index (κ2) is 8.73. The van der Waals surface area contributed by atoms with E-state index in [1.807, 2.05) is 6.92 Å². The molecule has 2 rings (SSSR count). The first-order valence-corrected chi connectivity index (χ1v) is 9.66. The molecule has 2 aromatic rings. The van der Waals surface area contributed by atoms with Gasteiger partial charge in [-0.25, -0.2) is 13.1 Å². The van der Waals surface area contributed by atoms with Gasteiger partial charge in [0.05, 0.1) is 11.3 Å². The lowest BCUT2D eigenvalue weighted by Crippen LogP contribution is -2.26. The average molecular weight is 375 g/mol. The lowest BCUT2D eigenvalue weighted by atomic mass is 10.0. The monoisotopic (exact) mass is 375 g/mol. The first-order chi connectivity index (χ1) is 12.3. The molecule has 138 valence electrons. The molecule has 0 fully saturated rings. The Kier molecular flexibility index (Phi) is 6.65. The molecule has 0 bridgehead atoms. The zero-order chi connectivity index (χ0) is 19.2. The minimum Gasteiger partial charge on any atom is -0.481 e. The third-order valence-electron chi connectivity index (χ3n) is 3.88. The average Bonchev–Trinajstić information content (AvgIpc) is 2.60. The maximum absolute atomic E-state index is 12.2. The van der Waals surface area contributed by atoms with Crippen LogP contribution in [-0.4, -0.2) is 31.8 Å². The molecule has 7 heteroatoms. The quantitative estimate of drug-likeness (QED) is 0.656. The molecule has 0 unspecified atom stereocenters. The maximum atomic E-state index is 12.2. The molecular weight excluding hydrogens is 354 g/mol. The summed E-state index contributed by atoms with van der Waals surface area (Å²) in [5, 5.41) is 8.60. The van der Waals surface area contributed by atoms with Gasteiger partial charge < -0.3 is 5.11 Å². The fourth-order valence-electron chi connectivity index (χ4n) is 2.35. The smallest absolute Gasteiger partial charge is 0.303 e. The summed E-state index contributed by atoms with van der Waals surface area (Å²) in [6.07, 6.45) is 0.251. The molecule has 0 aliphatic rings. The van der Waals surface area contributed by atoms with Gasteiger partial charge in [-0.05, 0) is 31.0 Å². The highest BCUT2D eigenvalue weighted by Gasteiger charge is 2.13. The van der Waals surface area contributed by atoms with Crippen LogP contribution in [0.4, 0.5) is 0 Å². The summed E-state index contributed by atoms with van der Waals surface area (Å²) >= 11 is 0. The molecule has 0 amide bonds. The summed E-state index contributed by atoms with van der Waals surface area (Å²) < 4.78 is 27.0. The number of hydrogen-bond donors (Lipinski definition) is 2. The summed E-state index contributed by atoms with van der Waals surface area (Å²) in [6, 6.07) is 13.4. The Labute approximate surface area is 152 Å². The molecule has 0 saturated carbocycles. The van der Waals surface area contributed by atoms with Crippen LogP contribution in [-0.2, 0) is 21.2 Å². The zero-order valence-corrected chi connectivity index (χ0v) is 15.3. The third-order valence-corrected chi connectivity index (χ3v) is 5.36. The molecule has 0 atom stereocenters. The molecule has 0 heterocycles. The first-order valence-electron chi connectivity index (χ1n) is 8.18. The van der Waals surface area contributed by atoms with E-state index in [-0.39, 0.29) is 30.1 Å². The Morgan fingerprint density at radius 3 is 2.15 bits per heavy atom. The lowest BCUT2D eigenvalue weighted by molar-refractivity contribution is -0.136. The van der Waals surface area contributed by atoms with Gasteiger partial charge in [0.1, 0.15) is 0 Å². The number of sulfonamides is 1.